The van der Waals surface area contributed by atoms with Crippen molar-refractivity contribution in [3.63, 3.8) is 0 Å². The summed E-state index contributed by atoms with van der Waals surface area (Å²) in [5.74, 6) is -0.389. The lowest BCUT2D eigenvalue weighted by molar-refractivity contribution is 0.102. The molecule has 0 fully saturated rings. The fourth-order valence-corrected chi connectivity index (χ4v) is 2.01. The predicted octanol–water partition coefficient (Wildman–Crippen LogP) is 2.50. The molecule has 0 spiro atoms. The Bertz CT molecular complexity index is 699. The number of nitrogens with one attached hydrogen (secondary N) is 1. The van der Waals surface area contributed by atoms with E-state index >= 15 is 0 Å². The lowest BCUT2D eigenvalue weighted by Gasteiger charge is -2.08. The second kappa shape index (κ2) is 6.36. The minimum Gasteiger partial charge on any atom is -0.409 e. The summed E-state index contributed by atoms with van der Waals surface area (Å²) in [6.07, 6.45) is 1.37. The molecule has 0 saturated heterocycles. The van der Waals surface area contributed by atoms with Gasteiger partial charge in [0, 0.05) is 21.9 Å². The van der Waals surface area contributed by atoms with E-state index in [0.717, 1.165) is 10.0 Å². The molecular formula is C14H13BrN4O2. The summed E-state index contributed by atoms with van der Waals surface area (Å²) in [6, 6.07) is 8.68. The van der Waals surface area contributed by atoms with Crippen LogP contribution in [0.1, 0.15) is 21.6 Å². The van der Waals surface area contributed by atoms with E-state index in [4.69, 9.17) is 10.9 Å². The molecule has 21 heavy (non-hydrogen) atoms. The number of halogens is 1. The van der Waals surface area contributed by atoms with E-state index in [1.54, 1.807) is 6.07 Å². The van der Waals surface area contributed by atoms with Gasteiger partial charge in [-0.2, -0.15) is 0 Å². The maximum atomic E-state index is 12.1. The van der Waals surface area contributed by atoms with Crippen LogP contribution in [0.2, 0.25) is 0 Å². The molecule has 7 heteroatoms. The molecule has 0 unspecified atom stereocenters. The van der Waals surface area contributed by atoms with Gasteiger partial charge in [0.1, 0.15) is 5.69 Å². The first kappa shape index (κ1) is 15.0. The number of hydrogen-bond donors (Lipinski definition) is 3. The van der Waals surface area contributed by atoms with Crippen LogP contribution in [0.5, 0.6) is 0 Å². The number of nitrogens with zero attached hydrogens (tertiary/aromatic N) is 2. The molecule has 0 atom stereocenters. The average molecular weight is 349 g/mol. The number of carbonyl (C=O) groups is 1. The van der Waals surface area contributed by atoms with Crippen LogP contribution in [0.15, 0.2) is 46.2 Å². The highest BCUT2D eigenvalue weighted by Gasteiger charge is 2.10. The number of pyridine rings is 1. The van der Waals surface area contributed by atoms with Gasteiger partial charge in [-0.25, -0.2) is 0 Å². The summed E-state index contributed by atoms with van der Waals surface area (Å²) in [6.45, 7) is 1.90. The van der Waals surface area contributed by atoms with E-state index in [-0.39, 0.29) is 17.4 Å². The summed E-state index contributed by atoms with van der Waals surface area (Å²) in [5.41, 5.74) is 7.76. The second-order valence-corrected chi connectivity index (χ2v) is 5.25. The molecule has 1 amide bonds. The fraction of sp³-hybridized carbons (Fsp3) is 0.0714. The monoisotopic (exact) mass is 348 g/mol. The van der Waals surface area contributed by atoms with Crippen molar-refractivity contribution in [3.05, 3.63) is 57.8 Å². The van der Waals surface area contributed by atoms with Gasteiger partial charge in [0.15, 0.2) is 5.84 Å². The Labute approximate surface area is 129 Å². The lowest BCUT2D eigenvalue weighted by Crippen LogP contribution is -2.17. The van der Waals surface area contributed by atoms with Crippen molar-refractivity contribution in [3.8, 4) is 0 Å². The van der Waals surface area contributed by atoms with Crippen molar-refractivity contribution in [2.45, 2.75) is 6.92 Å². The third kappa shape index (κ3) is 3.57. The van der Waals surface area contributed by atoms with E-state index < -0.39 is 0 Å². The smallest absolute Gasteiger partial charge is 0.274 e. The van der Waals surface area contributed by atoms with E-state index in [9.17, 15) is 4.79 Å². The van der Waals surface area contributed by atoms with Crippen LogP contribution in [-0.2, 0) is 0 Å². The zero-order valence-electron chi connectivity index (χ0n) is 11.2. The Morgan fingerprint density at radius 1 is 1.38 bits per heavy atom. The number of benzene rings is 1. The topological polar surface area (TPSA) is 101 Å². The van der Waals surface area contributed by atoms with Crippen molar-refractivity contribution in [2.24, 2.45) is 10.9 Å². The van der Waals surface area contributed by atoms with Gasteiger partial charge in [-0.1, -0.05) is 27.2 Å². The summed E-state index contributed by atoms with van der Waals surface area (Å²) in [5, 5.41) is 14.2. The SMILES string of the molecule is Cc1ccc(Br)cc1NC(=O)c1ccc(C(N)=NO)cn1. The molecule has 0 radical (unpaired) electrons. The van der Waals surface area contributed by atoms with E-state index in [0.29, 0.717) is 11.3 Å². The summed E-state index contributed by atoms with van der Waals surface area (Å²) >= 11 is 3.36. The van der Waals surface area contributed by atoms with Crippen molar-refractivity contribution in [1.82, 2.24) is 4.98 Å². The lowest BCUT2D eigenvalue weighted by atomic mass is 10.2. The number of carbonyl (C=O) groups excluding carboxylic acids is 1. The maximum absolute atomic E-state index is 12.1. The first-order chi connectivity index (χ1) is 10.0. The predicted molar refractivity (Wildman–Crippen MR) is 83.6 cm³/mol. The molecule has 6 nitrogen and oxygen atoms in total. The van der Waals surface area contributed by atoms with Crippen molar-refractivity contribution < 1.29 is 10.0 Å². The molecule has 0 aliphatic rings. The van der Waals surface area contributed by atoms with Gasteiger partial charge in [0.2, 0.25) is 0 Å². The molecule has 4 N–H and O–H groups in total. The number of rotatable bonds is 3. The summed E-state index contributed by atoms with van der Waals surface area (Å²) < 4.78 is 0.874. The molecule has 108 valence electrons. The van der Waals surface area contributed by atoms with Crippen molar-refractivity contribution in [1.29, 1.82) is 0 Å². The zero-order valence-corrected chi connectivity index (χ0v) is 12.8. The summed E-state index contributed by atoms with van der Waals surface area (Å²) in [4.78, 5) is 16.1. The van der Waals surface area contributed by atoms with Crippen LogP contribution < -0.4 is 11.1 Å². The number of aryl methyl sites for hydroxylation is 1. The Morgan fingerprint density at radius 2 is 2.14 bits per heavy atom. The van der Waals surface area contributed by atoms with Crippen LogP contribution in [0, 0.1) is 6.92 Å². The molecule has 1 heterocycles. The number of hydrogen-bond acceptors (Lipinski definition) is 4. The molecule has 1 aromatic heterocycles. The normalized spacial score (nSPS) is 11.2. The highest BCUT2D eigenvalue weighted by atomic mass is 79.9. The second-order valence-electron chi connectivity index (χ2n) is 4.33. The summed E-state index contributed by atoms with van der Waals surface area (Å²) in [7, 11) is 0. The highest BCUT2D eigenvalue weighted by Crippen LogP contribution is 2.21. The van der Waals surface area contributed by atoms with Crippen LogP contribution in [-0.4, -0.2) is 21.9 Å². The largest absolute Gasteiger partial charge is 0.409 e. The quantitative estimate of drug-likeness (QED) is 0.343. The minimum absolute atomic E-state index is 0.0581. The van der Waals surface area contributed by atoms with Crippen LogP contribution in [0.4, 0.5) is 5.69 Å². The molecule has 1 aromatic carbocycles. The van der Waals surface area contributed by atoms with Gasteiger partial charge in [-0.3, -0.25) is 9.78 Å². The van der Waals surface area contributed by atoms with E-state index in [1.807, 2.05) is 25.1 Å². The molecule has 0 aliphatic carbocycles. The maximum Gasteiger partial charge on any atom is 0.274 e. The van der Waals surface area contributed by atoms with Crippen LogP contribution in [0.25, 0.3) is 0 Å². The molecule has 0 saturated carbocycles. The first-order valence-electron chi connectivity index (χ1n) is 6.02. The molecule has 2 rings (SSSR count). The number of oxime groups is 1. The van der Waals surface area contributed by atoms with Gasteiger partial charge in [0.25, 0.3) is 5.91 Å². The van der Waals surface area contributed by atoms with Gasteiger partial charge in [-0.05, 0) is 36.8 Å². The Balaban J connectivity index is 2.19. The van der Waals surface area contributed by atoms with E-state index in [1.165, 1.54) is 12.3 Å². The van der Waals surface area contributed by atoms with E-state index in [2.05, 4.69) is 31.4 Å². The number of amidine groups is 1. The Morgan fingerprint density at radius 3 is 2.76 bits per heavy atom. The molecule has 2 aromatic rings. The van der Waals surface area contributed by atoms with Gasteiger partial charge >= 0.3 is 0 Å². The average Bonchev–Trinajstić information content (AvgIpc) is 2.50. The van der Waals surface area contributed by atoms with Gasteiger partial charge in [-0.15, -0.1) is 0 Å². The highest BCUT2D eigenvalue weighted by molar-refractivity contribution is 9.10. The number of nitrogens with two attached hydrogens (primary N) is 1. The molecule has 0 bridgehead atoms. The zero-order chi connectivity index (χ0) is 15.4. The fourth-order valence-electron chi connectivity index (χ4n) is 1.65. The minimum atomic E-state index is -0.331. The van der Waals surface area contributed by atoms with Crippen molar-refractivity contribution in [2.75, 3.05) is 5.32 Å². The number of amides is 1. The Hall–Kier alpha value is -2.41. The number of aromatic nitrogens is 1. The first-order valence-corrected chi connectivity index (χ1v) is 6.82. The Kier molecular flexibility index (Phi) is 4.54. The van der Waals surface area contributed by atoms with Gasteiger partial charge in [0.05, 0.1) is 0 Å². The van der Waals surface area contributed by atoms with Crippen molar-refractivity contribution >= 4 is 33.4 Å². The molecule has 0 aliphatic heterocycles. The standard InChI is InChI=1S/C14H13BrN4O2/c1-8-2-4-10(15)6-12(8)18-14(20)11-5-3-9(7-17-11)13(16)19-21/h2-7,21H,1H3,(H2,16,19)(H,18,20). The van der Waals surface area contributed by atoms with Crippen LogP contribution in [0.3, 0.4) is 0 Å². The number of anilines is 1. The third-order valence-corrected chi connectivity index (χ3v) is 3.34. The van der Waals surface area contributed by atoms with Gasteiger partial charge < -0.3 is 16.3 Å². The third-order valence-electron chi connectivity index (χ3n) is 2.85. The van der Waals surface area contributed by atoms with Crippen LogP contribution >= 0.6 is 15.9 Å². The molecular weight excluding hydrogens is 336 g/mol.